The van der Waals surface area contributed by atoms with Crippen molar-refractivity contribution in [3.63, 3.8) is 0 Å². The third-order valence-corrected chi connectivity index (χ3v) is 4.82. The first-order valence-corrected chi connectivity index (χ1v) is 7.84. The van der Waals surface area contributed by atoms with Crippen LogP contribution in [0.5, 0.6) is 0 Å². The van der Waals surface area contributed by atoms with Gasteiger partial charge in [0.1, 0.15) is 0 Å². The number of hydrogen-bond acceptors (Lipinski definition) is 3. The minimum absolute atomic E-state index is 0.718. The quantitative estimate of drug-likeness (QED) is 0.826. The predicted octanol–water partition coefficient (Wildman–Crippen LogP) is 1.93. The summed E-state index contributed by atoms with van der Waals surface area (Å²) in [5.74, 6) is 0. The van der Waals surface area contributed by atoms with E-state index in [0.717, 1.165) is 18.1 Å². The zero-order valence-electron chi connectivity index (χ0n) is 12.5. The minimum atomic E-state index is 0.718. The van der Waals surface area contributed by atoms with Gasteiger partial charge in [-0.2, -0.15) is 0 Å². The van der Waals surface area contributed by atoms with Crippen molar-refractivity contribution in [3.8, 4) is 0 Å². The molecule has 0 radical (unpaired) electrons. The van der Waals surface area contributed by atoms with Crippen LogP contribution >= 0.6 is 0 Å². The number of piperidine rings is 2. The molecule has 0 amide bonds. The average molecular weight is 253 g/mol. The third-order valence-electron chi connectivity index (χ3n) is 4.82. The average Bonchev–Trinajstić information content (AvgIpc) is 2.38. The Morgan fingerprint density at radius 1 is 1.06 bits per heavy atom. The van der Waals surface area contributed by atoms with Gasteiger partial charge in [0.2, 0.25) is 0 Å². The number of likely N-dealkylation sites (N-methyl/N-ethyl adjacent to an activating group) is 1. The van der Waals surface area contributed by atoms with Gasteiger partial charge in [-0.25, -0.2) is 0 Å². The van der Waals surface area contributed by atoms with E-state index in [2.05, 4.69) is 36.0 Å². The predicted molar refractivity (Wildman–Crippen MR) is 78.0 cm³/mol. The molecule has 0 aromatic rings. The van der Waals surface area contributed by atoms with E-state index in [1.807, 2.05) is 0 Å². The zero-order valence-corrected chi connectivity index (χ0v) is 12.5. The summed E-state index contributed by atoms with van der Waals surface area (Å²) in [6, 6.07) is 2.26. The molecule has 0 bridgehead atoms. The summed E-state index contributed by atoms with van der Waals surface area (Å²) < 4.78 is 0. The molecule has 0 aliphatic carbocycles. The first kappa shape index (κ1) is 14.3. The molecule has 2 aliphatic heterocycles. The molecule has 3 nitrogen and oxygen atoms in total. The van der Waals surface area contributed by atoms with Crippen LogP contribution < -0.4 is 5.32 Å². The fourth-order valence-corrected chi connectivity index (χ4v) is 3.32. The van der Waals surface area contributed by atoms with E-state index in [4.69, 9.17) is 0 Å². The zero-order chi connectivity index (χ0) is 13.0. The van der Waals surface area contributed by atoms with Crippen molar-refractivity contribution < 1.29 is 0 Å². The van der Waals surface area contributed by atoms with Gasteiger partial charge in [-0.3, -0.25) is 0 Å². The van der Waals surface area contributed by atoms with E-state index in [1.54, 1.807) is 0 Å². The van der Waals surface area contributed by atoms with Crippen LogP contribution in [0.15, 0.2) is 0 Å². The molecule has 106 valence electrons. The fraction of sp³-hybridized carbons (Fsp3) is 1.00. The summed E-state index contributed by atoms with van der Waals surface area (Å²) in [4.78, 5) is 5.14. The molecule has 2 rings (SSSR count). The molecule has 2 saturated heterocycles. The Bertz CT molecular complexity index is 234. The van der Waals surface area contributed by atoms with Crippen LogP contribution in [-0.2, 0) is 0 Å². The summed E-state index contributed by atoms with van der Waals surface area (Å²) in [5.41, 5.74) is 0. The molecule has 3 heteroatoms. The maximum atomic E-state index is 3.81. The van der Waals surface area contributed by atoms with Crippen molar-refractivity contribution in [2.24, 2.45) is 0 Å². The summed E-state index contributed by atoms with van der Waals surface area (Å²) in [5, 5.41) is 3.81. The Morgan fingerprint density at radius 3 is 2.39 bits per heavy atom. The topological polar surface area (TPSA) is 18.5 Å². The van der Waals surface area contributed by atoms with E-state index in [9.17, 15) is 0 Å². The third kappa shape index (κ3) is 3.94. The highest BCUT2D eigenvalue weighted by Crippen LogP contribution is 2.16. The van der Waals surface area contributed by atoms with Gasteiger partial charge in [-0.15, -0.1) is 0 Å². The Hall–Kier alpha value is -0.120. The Labute approximate surface area is 113 Å². The van der Waals surface area contributed by atoms with Crippen LogP contribution in [0.3, 0.4) is 0 Å². The molecule has 2 aliphatic rings. The van der Waals surface area contributed by atoms with Crippen LogP contribution in [0, 0.1) is 0 Å². The smallest absolute Gasteiger partial charge is 0.0217 e. The van der Waals surface area contributed by atoms with Crippen molar-refractivity contribution in [2.75, 3.05) is 33.2 Å². The lowest BCUT2D eigenvalue weighted by Crippen LogP contribution is -2.49. The van der Waals surface area contributed by atoms with Crippen LogP contribution in [0.1, 0.15) is 46.0 Å². The standard InChI is InChI=1S/C15H31N3/c1-13(2)18-10-7-14(8-11-18)16-12-15-6-4-5-9-17(15)3/h13-16H,4-12H2,1-3H3. The van der Waals surface area contributed by atoms with E-state index >= 15 is 0 Å². The largest absolute Gasteiger partial charge is 0.312 e. The monoisotopic (exact) mass is 253 g/mol. The van der Waals surface area contributed by atoms with Crippen molar-refractivity contribution in [2.45, 2.75) is 64.1 Å². The van der Waals surface area contributed by atoms with E-state index in [0.29, 0.717) is 0 Å². The van der Waals surface area contributed by atoms with Crippen LogP contribution in [0.25, 0.3) is 0 Å². The highest BCUT2D eigenvalue weighted by molar-refractivity contribution is 4.82. The highest BCUT2D eigenvalue weighted by Gasteiger charge is 2.23. The van der Waals surface area contributed by atoms with E-state index < -0.39 is 0 Å². The second-order valence-electron chi connectivity index (χ2n) is 6.44. The number of nitrogens with zero attached hydrogens (tertiary/aromatic N) is 2. The molecule has 18 heavy (non-hydrogen) atoms. The summed E-state index contributed by atoms with van der Waals surface area (Å²) in [7, 11) is 2.28. The molecule has 2 heterocycles. The van der Waals surface area contributed by atoms with E-state index in [-0.39, 0.29) is 0 Å². The summed E-state index contributed by atoms with van der Waals surface area (Å²) in [6.45, 7) is 9.65. The number of hydrogen-bond donors (Lipinski definition) is 1. The van der Waals surface area contributed by atoms with Crippen molar-refractivity contribution in [1.82, 2.24) is 15.1 Å². The maximum absolute atomic E-state index is 3.81. The van der Waals surface area contributed by atoms with Crippen molar-refractivity contribution >= 4 is 0 Å². The van der Waals surface area contributed by atoms with Crippen molar-refractivity contribution in [1.29, 1.82) is 0 Å². The summed E-state index contributed by atoms with van der Waals surface area (Å²) in [6.07, 6.45) is 6.85. The van der Waals surface area contributed by atoms with Gasteiger partial charge >= 0.3 is 0 Å². The maximum Gasteiger partial charge on any atom is 0.0217 e. The lowest BCUT2D eigenvalue weighted by Gasteiger charge is -2.37. The first-order chi connectivity index (χ1) is 8.66. The first-order valence-electron chi connectivity index (χ1n) is 7.84. The fourth-order valence-electron chi connectivity index (χ4n) is 3.32. The van der Waals surface area contributed by atoms with Crippen LogP contribution in [-0.4, -0.2) is 61.2 Å². The van der Waals surface area contributed by atoms with Crippen LogP contribution in [0.4, 0.5) is 0 Å². The lowest BCUT2D eigenvalue weighted by molar-refractivity contribution is 0.144. The van der Waals surface area contributed by atoms with Gasteiger partial charge in [-0.05, 0) is 66.2 Å². The molecule has 0 saturated carbocycles. The van der Waals surface area contributed by atoms with Crippen molar-refractivity contribution in [3.05, 3.63) is 0 Å². The number of rotatable bonds is 4. The normalized spacial score (nSPS) is 29.0. The Balaban J connectivity index is 1.65. The van der Waals surface area contributed by atoms with Gasteiger partial charge < -0.3 is 15.1 Å². The highest BCUT2D eigenvalue weighted by atomic mass is 15.2. The second-order valence-corrected chi connectivity index (χ2v) is 6.44. The molecule has 1 N–H and O–H groups in total. The van der Waals surface area contributed by atoms with Gasteiger partial charge in [-0.1, -0.05) is 6.42 Å². The number of likely N-dealkylation sites (tertiary alicyclic amines) is 2. The second kappa shape index (κ2) is 6.88. The molecule has 1 unspecified atom stereocenters. The Morgan fingerprint density at radius 2 is 1.78 bits per heavy atom. The van der Waals surface area contributed by atoms with Gasteiger partial charge in [0.15, 0.2) is 0 Å². The van der Waals surface area contributed by atoms with E-state index in [1.165, 1.54) is 58.3 Å². The lowest BCUT2D eigenvalue weighted by atomic mass is 10.0. The molecular formula is C15H31N3. The Kier molecular flexibility index (Phi) is 5.46. The minimum Gasteiger partial charge on any atom is -0.312 e. The van der Waals surface area contributed by atoms with Crippen LogP contribution in [0.2, 0.25) is 0 Å². The van der Waals surface area contributed by atoms with Gasteiger partial charge in [0.25, 0.3) is 0 Å². The molecule has 0 spiro atoms. The molecule has 0 aromatic carbocycles. The molecule has 2 fully saturated rings. The SMILES string of the molecule is CC(C)N1CCC(NCC2CCCCN2C)CC1. The number of nitrogens with one attached hydrogen (secondary N) is 1. The van der Waals surface area contributed by atoms with Gasteiger partial charge in [0, 0.05) is 24.7 Å². The molecule has 0 aromatic heterocycles. The van der Waals surface area contributed by atoms with Gasteiger partial charge in [0.05, 0.1) is 0 Å². The molecular weight excluding hydrogens is 222 g/mol. The summed E-state index contributed by atoms with van der Waals surface area (Å²) >= 11 is 0. The molecule has 1 atom stereocenters.